The Morgan fingerprint density at radius 2 is 1.88 bits per heavy atom. The van der Waals surface area contributed by atoms with Crippen molar-refractivity contribution in [2.75, 3.05) is 6.54 Å². The standard InChI is InChI=1S/C20H20N2O2/c1-14-7-6-8-16(13-14)11-12-21-19(23)18-15(2)24-20(22-18)17-9-4-3-5-10-17/h3-10,13H,11-12H2,1-2H3,(H,21,23). The molecule has 0 atom stereocenters. The van der Waals surface area contributed by atoms with Crippen LogP contribution in [0.4, 0.5) is 0 Å². The van der Waals surface area contributed by atoms with Gasteiger partial charge in [0.15, 0.2) is 5.69 Å². The van der Waals surface area contributed by atoms with Gasteiger partial charge < -0.3 is 9.73 Å². The molecule has 0 saturated carbocycles. The summed E-state index contributed by atoms with van der Waals surface area (Å²) in [7, 11) is 0. The molecule has 1 amide bonds. The molecular weight excluding hydrogens is 300 g/mol. The molecule has 1 N–H and O–H groups in total. The number of hydrogen-bond donors (Lipinski definition) is 1. The van der Waals surface area contributed by atoms with Crippen LogP contribution in [-0.2, 0) is 6.42 Å². The third-order valence-electron chi connectivity index (χ3n) is 3.81. The molecule has 4 nitrogen and oxygen atoms in total. The topological polar surface area (TPSA) is 55.1 Å². The van der Waals surface area contributed by atoms with E-state index in [4.69, 9.17) is 4.42 Å². The average molecular weight is 320 g/mol. The molecule has 0 aliphatic rings. The fourth-order valence-electron chi connectivity index (χ4n) is 2.58. The molecule has 0 aliphatic carbocycles. The number of carbonyl (C=O) groups is 1. The Labute approximate surface area is 141 Å². The molecule has 1 aromatic heterocycles. The van der Waals surface area contributed by atoms with Gasteiger partial charge in [0.1, 0.15) is 5.76 Å². The highest BCUT2D eigenvalue weighted by atomic mass is 16.4. The number of aryl methyl sites for hydroxylation is 2. The van der Waals surface area contributed by atoms with E-state index in [2.05, 4.69) is 35.4 Å². The van der Waals surface area contributed by atoms with Crippen LogP contribution in [0.15, 0.2) is 59.0 Å². The van der Waals surface area contributed by atoms with Gasteiger partial charge in [0, 0.05) is 12.1 Å². The van der Waals surface area contributed by atoms with Crippen molar-refractivity contribution in [3.8, 4) is 11.5 Å². The van der Waals surface area contributed by atoms with Gasteiger partial charge in [-0.3, -0.25) is 4.79 Å². The summed E-state index contributed by atoms with van der Waals surface area (Å²) >= 11 is 0. The van der Waals surface area contributed by atoms with Crippen molar-refractivity contribution in [1.82, 2.24) is 10.3 Å². The Balaban J connectivity index is 1.64. The Kier molecular flexibility index (Phi) is 4.75. The minimum atomic E-state index is -0.203. The van der Waals surface area contributed by atoms with E-state index in [9.17, 15) is 4.79 Å². The molecule has 1 heterocycles. The Hall–Kier alpha value is -2.88. The van der Waals surface area contributed by atoms with E-state index in [1.54, 1.807) is 6.92 Å². The summed E-state index contributed by atoms with van der Waals surface area (Å²) in [5, 5.41) is 2.91. The Morgan fingerprint density at radius 1 is 1.08 bits per heavy atom. The fourth-order valence-corrected chi connectivity index (χ4v) is 2.58. The van der Waals surface area contributed by atoms with Gasteiger partial charge in [-0.05, 0) is 38.0 Å². The van der Waals surface area contributed by atoms with Gasteiger partial charge in [0.2, 0.25) is 5.89 Å². The molecule has 0 saturated heterocycles. The molecule has 122 valence electrons. The molecule has 24 heavy (non-hydrogen) atoms. The van der Waals surface area contributed by atoms with Crippen molar-refractivity contribution in [1.29, 1.82) is 0 Å². The lowest BCUT2D eigenvalue weighted by molar-refractivity contribution is 0.0948. The fraction of sp³-hybridized carbons (Fsp3) is 0.200. The summed E-state index contributed by atoms with van der Waals surface area (Å²) < 4.78 is 5.63. The van der Waals surface area contributed by atoms with Crippen LogP contribution >= 0.6 is 0 Å². The van der Waals surface area contributed by atoms with E-state index in [-0.39, 0.29) is 5.91 Å². The van der Waals surface area contributed by atoms with Crippen LogP contribution in [-0.4, -0.2) is 17.4 Å². The zero-order chi connectivity index (χ0) is 16.9. The largest absolute Gasteiger partial charge is 0.441 e. The molecule has 0 fully saturated rings. The number of nitrogens with zero attached hydrogens (tertiary/aromatic N) is 1. The molecule has 0 unspecified atom stereocenters. The highest BCUT2D eigenvalue weighted by Crippen LogP contribution is 2.21. The maximum Gasteiger partial charge on any atom is 0.273 e. The molecule has 2 aromatic carbocycles. The summed E-state index contributed by atoms with van der Waals surface area (Å²) in [5.74, 6) is 0.796. The number of rotatable bonds is 5. The first-order valence-corrected chi connectivity index (χ1v) is 8.00. The van der Waals surface area contributed by atoms with E-state index >= 15 is 0 Å². The quantitative estimate of drug-likeness (QED) is 0.775. The number of oxazole rings is 1. The van der Waals surface area contributed by atoms with E-state index in [0.29, 0.717) is 23.9 Å². The van der Waals surface area contributed by atoms with Crippen LogP contribution in [0.3, 0.4) is 0 Å². The van der Waals surface area contributed by atoms with Crippen molar-refractivity contribution in [2.24, 2.45) is 0 Å². The van der Waals surface area contributed by atoms with Crippen LogP contribution in [0.2, 0.25) is 0 Å². The lowest BCUT2D eigenvalue weighted by Crippen LogP contribution is -2.26. The SMILES string of the molecule is Cc1cccc(CCNC(=O)c2nc(-c3ccccc3)oc2C)c1. The molecule has 3 aromatic rings. The minimum Gasteiger partial charge on any atom is -0.441 e. The molecular formula is C20H20N2O2. The van der Waals surface area contributed by atoms with E-state index in [1.165, 1.54) is 11.1 Å². The van der Waals surface area contributed by atoms with Gasteiger partial charge in [0.25, 0.3) is 5.91 Å². The minimum absolute atomic E-state index is 0.203. The van der Waals surface area contributed by atoms with Crippen LogP contribution in [0, 0.1) is 13.8 Å². The van der Waals surface area contributed by atoms with Crippen LogP contribution in [0.25, 0.3) is 11.5 Å². The normalized spacial score (nSPS) is 10.6. The predicted octanol–water partition coefficient (Wildman–Crippen LogP) is 3.93. The maximum atomic E-state index is 12.3. The molecule has 0 bridgehead atoms. The second-order valence-electron chi connectivity index (χ2n) is 5.78. The van der Waals surface area contributed by atoms with Crippen LogP contribution < -0.4 is 5.32 Å². The van der Waals surface area contributed by atoms with Gasteiger partial charge in [-0.2, -0.15) is 0 Å². The number of aromatic nitrogens is 1. The van der Waals surface area contributed by atoms with Crippen LogP contribution in [0.1, 0.15) is 27.4 Å². The first-order chi connectivity index (χ1) is 11.6. The van der Waals surface area contributed by atoms with Crippen LogP contribution in [0.5, 0.6) is 0 Å². The third kappa shape index (κ3) is 3.71. The number of amides is 1. The van der Waals surface area contributed by atoms with E-state index in [1.807, 2.05) is 36.4 Å². The highest BCUT2D eigenvalue weighted by molar-refractivity contribution is 5.93. The maximum absolute atomic E-state index is 12.3. The molecule has 0 radical (unpaired) electrons. The molecule has 0 aliphatic heterocycles. The molecule has 0 spiro atoms. The zero-order valence-electron chi connectivity index (χ0n) is 13.9. The van der Waals surface area contributed by atoms with E-state index < -0.39 is 0 Å². The van der Waals surface area contributed by atoms with Gasteiger partial charge in [-0.1, -0.05) is 48.0 Å². The summed E-state index contributed by atoms with van der Waals surface area (Å²) in [6.07, 6.45) is 0.788. The van der Waals surface area contributed by atoms with Crippen molar-refractivity contribution >= 4 is 5.91 Å². The zero-order valence-corrected chi connectivity index (χ0v) is 13.9. The second-order valence-corrected chi connectivity index (χ2v) is 5.78. The summed E-state index contributed by atoms with van der Waals surface area (Å²) in [6, 6.07) is 17.8. The monoisotopic (exact) mass is 320 g/mol. The first-order valence-electron chi connectivity index (χ1n) is 8.00. The van der Waals surface area contributed by atoms with Gasteiger partial charge >= 0.3 is 0 Å². The van der Waals surface area contributed by atoms with Crippen molar-refractivity contribution in [2.45, 2.75) is 20.3 Å². The van der Waals surface area contributed by atoms with Gasteiger partial charge in [-0.25, -0.2) is 4.98 Å². The smallest absolute Gasteiger partial charge is 0.273 e. The lowest BCUT2D eigenvalue weighted by Gasteiger charge is -2.04. The van der Waals surface area contributed by atoms with Crippen molar-refractivity contribution in [3.63, 3.8) is 0 Å². The average Bonchev–Trinajstić information content (AvgIpc) is 2.98. The summed E-state index contributed by atoms with van der Waals surface area (Å²) in [6.45, 7) is 4.39. The van der Waals surface area contributed by atoms with Gasteiger partial charge in [0.05, 0.1) is 0 Å². The van der Waals surface area contributed by atoms with Crippen molar-refractivity contribution in [3.05, 3.63) is 77.2 Å². The van der Waals surface area contributed by atoms with E-state index in [0.717, 1.165) is 12.0 Å². The number of carbonyl (C=O) groups excluding carboxylic acids is 1. The summed E-state index contributed by atoms with van der Waals surface area (Å²) in [4.78, 5) is 16.7. The number of benzene rings is 2. The number of hydrogen-bond acceptors (Lipinski definition) is 3. The highest BCUT2D eigenvalue weighted by Gasteiger charge is 2.17. The Morgan fingerprint density at radius 3 is 2.62 bits per heavy atom. The predicted molar refractivity (Wildman–Crippen MR) is 93.9 cm³/mol. The van der Waals surface area contributed by atoms with Gasteiger partial charge in [-0.15, -0.1) is 0 Å². The third-order valence-corrected chi connectivity index (χ3v) is 3.81. The number of nitrogens with one attached hydrogen (secondary N) is 1. The first kappa shape index (κ1) is 16.0. The lowest BCUT2D eigenvalue weighted by atomic mass is 10.1. The molecule has 4 heteroatoms. The molecule has 3 rings (SSSR count). The summed E-state index contributed by atoms with van der Waals surface area (Å²) in [5.41, 5.74) is 3.63. The second kappa shape index (κ2) is 7.13. The van der Waals surface area contributed by atoms with Crippen molar-refractivity contribution < 1.29 is 9.21 Å². The Bertz CT molecular complexity index is 838.